The van der Waals surface area contributed by atoms with E-state index < -0.39 is 11.9 Å². The molecule has 0 aliphatic rings. The van der Waals surface area contributed by atoms with E-state index in [9.17, 15) is 13.2 Å². The third-order valence-electron chi connectivity index (χ3n) is 3.58. The molecule has 1 unspecified atom stereocenters. The van der Waals surface area contributed by atoms with Crippen LogP contribution >= 0.6 is 24.0 Å². The molecule has 0 amide bonds. The van der Waals surface area contributed by atoms with Gasteiger partial charge in [-0.3, -0.25) is 4.99 Å². The summed E-state index contributed by atoms with van der Waals surface area (Å²) in [6.07, 6.45) is -3.42. The second kappa shape index (κ2) is 11.5. The highest BCUT2D eigenvalue weighted by atomic mass is 127. The quantitative estimate of drug-likeness (QED) is 0.229. The smallest absolute Gasteiger partial charge is 0.379 e. The van der Waals surface area contributed by atoms with Crippen LogP contribution in [0.4, 0.5) is 19.1 Å². The Bertz CT molecular complexity index is 592. The first-order valence-electron chi connectivity index (χ1n) is 8.19. The van der Waals surface area contributed by atoms with E-state index in [-0.39, 0.29) is 41.4 Å². The van der Waals surface area contributed by atoms with Gasteiger partial charge in [-0.25, -0.2) is 9.97 Å². The van der Waals surface area contributed by atoms with Crippen LogP contribution in [0, 0.1) is 5.41 Å². The zero-order chi connectivity index (χ0) is 19.8. The minimum Gasteiger partial charge on any atom is -0.379 e. The van der Waals surface area contributed by atoms with E-state index >= 15 is 0 Å². The molecule has 1 aromatic rings. The largest absolute Gasteiger partial charge is 0.433 e. The van der Waals surface area contributed by atoms with Crippen molar-refractivity contribution < 1.29 is 17.9 Å². The highest BCUT2D eigenvalue weighted by molar-refractivity contribution is 14.0. The summed E-state index contributed by atoms with van der Waals surface area (Å²) in [5.74, 6) is 0.500. The van der Waals surface area contributed by atoms with Crippen molar-refractivity contribution in [3.05, 3.63) is 18.0 Å². The summed E-state index contributed by atoms with van der Waals surface area (Å²) in [4.78, 5) is 11.3. The number of guanidine groups is 1. The van der Waals surface area contributed by atoms with Crippen LogP contribution in [0.2, 0.25) is 0 Å². The summed E-state index contributed by atoms with van der Waals surface area (Å²) in [7, 11) is 3.30. The van der Waals surface area contributed by atoms with Gasteiger partial charge >= 0.3 is 6.18 Å². The summed E-state index contributed by atoms with van der Waals surface area (Å²) >= 11 is 0. The lowest BCUT2D eigenvalue weighted by Crippen LogP contribution is -2.46. The fourth-order valence-electron chi connectivity index (χ4n) is 2.11. The fourth-order valence-corrected chi connectivity index (χ4v) is 2.11. The van der Waals surface area contributed by atoms with Gasteiger partial charge in [0.1, 0.15) is 5.69 Å². The molecule has 3 N–H and O–H groups in total. The predicted molar refractivity (Wildman–Crippen MR) is 111 cm³/mol. The number of hydrogen-bond donors (Lipinski definition) is 3. The number of ether oxygens (including phenoxy) is 1. The number of hydrogen-bond acceptors (Lipinski definition) is 5. The van der Waals surface area contributed by atoms with Crippen LogP contribution in [0.5, 0.6) is 0 Å². The zero-order valence-corrected chi connectivity index (χ0v) is 18.5. The Morgan fingerprint density at radius 1 is 1.22 bits per heavy atom. The highest BCUT2D eigenvalue weighted by Gasteiger charge is 2.32. The van der Waals surface area contributed by atoms with Crippen LogP contribution in [0.3, 0.4) is 0 Å². The summed E-state index contributed by atoms with van der Waals surface area (Å²) in [5, 5.41) is 8.96. The standard InChI is InChI=1S/C16H27F3N6O.HI/c1-15(2,3)12(26-5)10-24-13(20-4)22-8-9-23-14-21-7-6-11(25-14)16(17,18)19;/h6-7,12H,8-10H2,1-5H3,(H2,20,22,24)(H,21,23,25);1H. The SMILES string of the molecule is CN=C(NCCNc1nccc(C(F)(F)F)n1)NCC(OC)C(C)(C)C.I. The van der Waals surface area contributed by atoms with Crippen molar-refractivity contribution in [2.75, 3.05) is 39.1 Å². The Morgan fingerprint density at radius 2 is 1.89 bits per heavy atom. The lowest BCUT2D eigenvalue weighted by molar-refractivity contribution is -0.141. The van der Waals surface area contributed by atoms with E-state index in [2.05, 4.69) is 51.7 Å². The molecule has 156 valence electrons. The molecule has 0 aromatic carbocycles. The molecule has 0 fully saturated rings. The molecule has 1 rings (SSSR count). The normalized spacial score (nSPS) is 13.6. The van der Waals surface area contributed by atoms with Crippen LogP contribution in [-0.2, 0) is 10.9 Å². The summed E-state index contributed by atoms with van der Waals surface area (Å²) in [5.41, 5.74) is -1.00. The molecule has 0 spiro atoms. The number of alkyl halides is 3. The molecule has 1 heterocycles. The van der Waals surface area contributed by atoms with Crippen molar-refractivity contribution in [2.24, 2.45) is 10.4 Å². The first kappa shape index (κ1) is 25.6. The van der Waals surface area contributed by atoms with Gasteiger partial charge in [-0.15, -0.1) is 24.0 Å². The highest BCUT2D eigenvalue weighted by Crippen LogP contribution is 2.27. The number of methoxy groups -OCH3 is 1. The van der Waals surface area contributed by atoms with Crippen molar-refractivity contribution in [2.45, 2.75) is 33.1 Å². The first-order valence-corrected chi connectivity index (χ1v) is 8.19. The van der Waals surface area contributed by atoms with Gasteiger partial charge in [-0.2, -0.15) is 13.2 Å². The number of aliphatic imine (C=N–C) groups is 1. The predicted octanol–water partition coefficient (Wildman–Crippen LogP) is 2.75. The van der Waals surface area contributed by atoms with E-state index in [1.807, 2.05) is 0 Å². The van der Waals surface area contributed by atoms with Gasteiger partial charge in [0, 0.05) is 40.0 Å². The van der Waals surface area contributed by atoms with Gasteiger partial charge in [0.15, 0.2) is 5.96 Å². The van der Waals surface area contributed by atoms with E-state index in [1.54, 1.807) is 14.2 Å². The third-order valence-corrected chi connectivity index (χ3v) is 3.58. The zero-order valence-electron chi connectivity index (χ0n) is 16.1. The molecule has 0 radical (unpaired) electrons. The second-order valence-electron chi connectivity index (χ2n) is 6.66. The van der Waals surface area contributed by atoms with Crippen LogP contribution < -0.4 is 16.0 Å². The van der Waals surface area contributed by atoms with Crippen LogP contribution in [0.1, 0.15) is 26.5 Å². The van der Waals surface area contributed by atoms with E-state index in [0.29, 0.717) is 25.6 Å². The maximum absolute atomic E-state index is 12.6. The van der Waals surface area contributed by atoms with Crippen molar-refractivity contribution in [3.8, 4) is 0 Å². The molecule has 0 saturated heterocycles. The van der Waals surface area contributed by atoms with Gasteiger partial charge < -0.3 is 20.7 Å². The Balaban J connectivity index is 0.00000676. The van der Waals surface area contributed by atoms with Gasteiger partial charge in [0.05, 0.1) is 6.10 Å². The van der Waals surface area contributed by atoms with Crippen molar-refractivity contribution in [1.82, 2.24) is 20.6 Å². The van der Waals surface area contributed by atoms with E-state index in [0.717, 1.165) is 12.3 Å². The van der Waals surface area contributed by atoms with Gasteiger partial charge in [0.2, 0.25) is 5.95 Å². The van der Waals surface area contributed by atoms with Crippen molar-refractivity contribution in [1.29, 1.82) is 0 Å². The lowest BCUT2D eigenvalue weighted by Gasteiger charge is -2.30. The Labute approximate surface area is 175 Å². The molecule has 1 atom stereocenters. The number of aromatic nitrogens is 2. The number of rotatable bonds is 7. The molecule has 11 heteroatoms. The molecule has 1 aromatic heterocycles. The molecular weight excluding hydrogens is 476 g/mol. The topological polar surface area (TPSA) is 83.5 Å². The molecule has 0 saturated carbocycles. The number of nitrogens with zero attached hydrogens (tertiary/aromatic N) is 3. The molecule has 0 bridgehead atoms. The molecule has 7 nitrogen and oxygen atoms in total. The molecule has 0 aliphatic carbocycles. The van der Waals surface area contributed by atoms with Crippen molar-refractivity contribution >= 4 is 35.9 Å². The lowest BCUT2D eigenvalue weighted by atomic mass is 9.89. The second-order valence-corrected chi connectivity index (χ2v) is 6.66. The van der Waals surface area contributed by atoms with Gasteiger partial charge in [-0.1, -0.05) is 20.8 Å². The summed E-state index contributed by atoms with van der Waals surface area (Å²) in [6.45, 7) is 7.57. The van der Waals surface area contributed by atoms with Gasteiger partial charge in [0.25, 0.3) is 0 Å². The molecule has 27 heavy (non-hydrogen) atoms. The maximum Gasteiger partial charge on any atom is 0.433 e. The average Bonchev–Trinajstić information content (AvgIpc) is 2.55. The van der Waals surface area contributed by atoms with Crippen LogP contribution in [0.15, 0.2) is 17.3 Å². The van der Waals surface area contributed by atoms with Gasteiger partial charge in [-0.05, 0) is 11.5 Å². The van der Waals surface area contributed by atoms with E-state index in [1.165, 1.54) is 0 Å². The summed E-state index contributed by atoms with van der Waals surface area (Å²) < 4.78 is 43.3. The van der Waals surface area contributed by atoms with Crippen LogP contribution in [-0.4, -0.2) is 55.8 Å². The Hall–Kier alpha value is -1.37. The maximum atomic E-state index is 12.6. The van der Waals surface area contributed by atoms with Crippen LogP contribution in [0.25, 0.3) is 0 Å². The number of nitrogens with one attached hydrogen (secondary N) is 3. The van der Waals surface area contributed by atoms with Crippen molar-refractivity contribution in [3.63, 3.8) is 0 Å². The fraction of sp³-hybridized carbons (Fsp3) is 0.688. The monoisotopic (exact) mass is 504 g/mol. The third kappa shape index (κ3) is 9.40. The minimum atomic E-state index is -4.49. The number of anilines is 1. The molecular formula is C16H28F3IN6O. The molecule has 0 aliphatic heterocycles. The summed E-state index contributed by atoms with van der Waals surface area (Å²) in [6, 6.07) is 0.830. The Kier molecular flexibility index (Phi) is 10.9. The minimum absolute atomic E-state index is 0. The van der Waals surface area contributed by atoms with E-state index in [4.69, 9.17) is 4.74 Å². The Morgan fingerprint density at radius 3 is 2.41 bits per heavy atom. The number of halogens is 4. The first-order chi connectivity index (χ1) is 12.1. The average molecular weight is 504 g/mol.